The van der Waals surface area contributed by atoms with E-state index in [4.69, 9.17) is 0 Å². The SMILES string of the molecule is CC1(C)C(O)CCN1C(=O)c1ccccn1. The van der Waals surface area contributed by atoms with Crippen LogP contribution >= 0.6 is 0 Å². The summed E-state index contributed by atoms with van der Waals surface area (Å²) >= 11 is 0. The van der Waals surface area contributed by atoms with Crippen molar-refractivity contribution in [1.29, 1.82) is 0 Å². The predicted molar refractivity (Wildman–Crippen MR) is 60.0 cm³/mol. The van der Waals surface area contributed by atoms with Gasteiger partial charge in [0.2, 0.25) is 0 Å². The van der Waals surface area contributed by atoms with Crippen molar-refractivity contribution in [2.75, 3.05) is 6.54 Å². The van der Waals surface area contributed by atoms with Gasteiger partial charge in [-0.25, -0.2) is 0 Å². The second-order valence-electron chi connectivity index (χ2n) is 4.63. The molecule has 1 aliphatic heterocycles. The molecule has 4 nitrogen and oxygen atoms in total. The molecule has 1 fully saturated rings. The lowest BCUT2D eigenvalue weighted by Crippen LogP contribution is -2.48. The first-order valence-electron chi connectivity index (χ1n) is 5.44. The van der Waals surface area contributed by atoms with E-state index in [1.807, 2.05) is 13.8 Å². The number of nitrogens with zero attached hydrogens (tertiary/aromatic N) is 2. The standard InChI is InChI=1S/C12H16N2O2/c1-12(2)10(15)6-8-14(12)11(16)9-5-3-4-7-13-9/h3-5,7,10,15H,6,8H2,1-2H3. The zero-order chi connectivity index (χ0) is 11.8. The minimum absolute atomic E-state index is 0.109. The maximum absolute atomic E-state index is 12.2. The predicted octanol–water partition coefficient (Wildman–Crippen LogP) is 1.07. The summed E-state index contributed by atoms with van der Waals surface area (Å²) in [6.07, 6.45) is 1.78. The van der Waals surface area contributed by atoms with Gasteiger partial charge in [0, 0.05) is 12.7 Å². The number of amides is 1. The Bertz CT molecular complexity index is 389. The molecule has 16 heavy (non-hydrogen) atoms. The van der Waals surface area contributed by atoms with E-state index in [0.29, 0.717) is 18.7 Å². The Labute approximate surface area is 94.9 Å². The van der Waals surface area contributed by atoms with Crippen LogP contribution in [0.25, 0.3) is 0 Å². The number of hydrogen-bond donors (Lipinski definition) is 1. The van der Waals surface area contributed by atoms with Gasteiger partial charge in [0.1, 0.15) is 5.69 Å². The number of rotatable bonds is 1. The molecule has 0 bridgehead atoms. The Morgan fingerprint density at radius 3 is 2.81 bits per heavy atom. The fourth-order valence-electron chi connectivity index (χ4n) is 2.06. The fraction of sp³-hybridized carbons (Fsp3) is 0.500. The highest BCUT2D eigenvalue weighted by atomic mass is 16.3. The summed E-state index contributed by atoms with van der Waals surface area (Å²) in [5.74, 6) is -0.109. The van der Waals surface area contributed by atoms with Gasteiger partial charge in [-0.05, 0) is 32.4 Å². The number of hydrogen-bond acceptors (Lipinski definition) is 3. The summed E-state index contributed by atoms with van der Waals surface area (Å²) in [7, 11) is 0. The largest absolute Gasteiger partial charge is 0.391 e. The van der Waals surface area contributed by atoms with E-state index in [9.17, 15) is 9.90 Å². The average molecular weight is 220 g/mol. The smallest absolute Gasteiger partial charge is 0.272 e. The third-order valence-electron chi connectivity index (χ3n) is 3.27. The topological polar surface area (TPSA) is 53.4 Å². The van der Waals surface area contributed by atoms with Crippen LogP contribution in [0.2, 0.25) is 0 Å². The lowest BCUT2D eigenvalue weighted by molar-refractivity contribution is 0.0390. The Morgan fingerprint density at radius 2 is 2.31 bits per heavy atom. The van der Waals surface area contributed by atoms with Crippen molar-refractivity contribution in [2.24, 2.45) is 0 Å². The zero-order valence-corrected chi connectivity index (χ0v) is 9.55. The molecule has 2 heterocycles. The molecule has 1 unspecified atom stereocenters. The van der Waals surface area contributed by atoms with Crippen LogP contribution in [0, 0.1) is 0 Å². The highest BCUT2D eigenvalue weighted by Gasteiger charge is 2.43. The van der Waals surface area contributed by atoms with Crippen LogP contribution in [0.5, 0.6) is 0 Å². The molecule has 1 amide bonds. The molecule has 0 aliphatic carbocycles. The lowest BCUT2D eigenvalue weighted by atomic mass is 9.98. The van der Waals surface area contributed by atoms with Crippen LogP contribution in [0.15, 0.2) is 24.4 Å². The zero-order valence-electron chi connectivity index (χ0n) is 9.55. The molecule has 0 spiro atoms. The molecular formula is C12H16N2O2. The Balaban J connectivity index is 2.24. The van der Waals surface area contributed by atoms with E-state index in [0.717, 1.165) is 0 Å². The maximum atomic E-state index is 12.2. The van der Waals surface area contributed by atoms with Gasteiger partial charge in [-0.15, -0.1) is 0 Å². The maximum Gasteiger partial charge on any atom is 0.272 e. The van der Waals surface area contributed by atoms with Crippen molar-refractivity contribution < 1.29 is 9.90 Å². The van der Waals surface area contributed by atoms with Gasteiger partial charge in [0.05, 0.1) is 11.6 Å². The number of pyridine rings is 1. The molecule has 0 radical (unpaired) electrons. The summed E-state index contributed by atoms with van der Waals surface area (Å²) in [6.45, 7) is 4.35. The van der Waals surface area contributed by atoms with Crippen LogP contribution in [0.4, 0.5) is 0 Å². The molecule has 0 aromatic carbocycles. The number of aliphatic hydroxyl groups is 1. The fourth-order valence-corrected chi connectivity index (χ4v) is 2.06. The molecule has 1 aliphatic rings. The van der Waals surface area contributed by atoms with E-state index in [-0.39, 0.29) is 5.91 Å². The Kier molecular flexibility index (Phi) is 2.68. The second kappa shape index (κ2) is 3.87. The minimum atomic E-state index is -0.505. The number of likely N-dealkylation sites (tertiary alicyclic amines) is 1. The van der Waals surface area contributed by atoms with Crippen molar-refractivity contribution in [2.45, 2.75) is 31.9 Å². The molecule has 1 atom stereocenters. The molecule has 1 aromatic rings. The van der Waals surface area contributed by atoms with Crippen LogP contribution in [-0.4, -0.2) is 39.1 Å². The molecule has 1 N–H and O–H groups in total. The average Bonchev–Trinajstić information content (AvgIpc) is 2.54. The highest BCUT2D eigenvalue weighted by Crippen LogP contribution is 2.29. The first kappa shape index (κ1) is 11.1. The first-order chi connectivity index (χ1) is 7.53. The van der Waals surface area contributed by atoms with Crippen molar-refractivity contribution in [3.05, 3.63) is 30.1 Å². The molecule has 4 heteroatoms. The van der Waals surface area contributed by atoms with Gasteiger partial charge in [-0.2, -0.15) is 0 Å². The van der Waals surface area contributed by atoms with Crippen LogP contribution in [0.3, 0.4) is 0 Å². The van der Waals surface area contributed by atoms with Gasteiger partial charge >= 0.3 is 0 Å². The molecule has 86 valence electrons. The summed E-state index contributed by atoms with van der Waals surface area (Å²) in [5, 5.41) is 9.81. The molecule has 1 saturated heterocycles. The number of carbonyl (C=O) groups is 1. The van der Waals surface area contributed by atoms with E-state index >= 15 is 0 Å². The van der Waals surface area contributed by atoms with Crippen molar-refractivity contribution in [3.8, 4) is 0 Å². The van der Waals surface area contributed by atoms with Gasteiger partial charge in [0.25, 0.3) is 5.91 Å². The van der Waals surface area contributed by atoms with E-state index in [1.54, 1.807) is 29.3 Å². The van der Waals surface area contributed by atoms with E-state index in [2.05, 4.69) is 4.98 Å². The quantitative estimate of drug-likeness (QED) is 0.770. The summed E-state index contributed by atoms with van der Waals surface area (Å²) in [4.78, 5) is 17.9. The first-order valence-corrected chi connectivity index (χ1v) is 5.44. The molecule has 1 aromatic heterocycles. The second-order valence-corrected chi connectivity index (χ2v) is 4.63. The van der Waals surface area contributed by atoms with Crippen LogP contribution in [0.1, 0.15) is 30.8 Å². The van der Waals surface area contributed by atoms with Crippen molar-refractivity contribution >= 4 is 5.91 Å². The summed E-state index contributed by atoms with van der Waals surface area (Å²) in [6, 6.07) is 5.27. The minimum Gasteiger partial charge on any atom is -0.391 e. The van der Waals surface area contributed by atoms with Crippen LogP contribution in [-0.2, 0) is 0 Å². The van der Waals surface area contributed by atoms with Crippen molar-refractivity contribution in [3.63, 3.8) is 0 Å². The monoisotopic (exact) mass is 220 g/mol. The van der Waals surface area contributed by atoms with Gasteiger partial charge in [0.15, 0.2) is 0 Å². The molecule has 0 saturated carbocycles. The van der Waals surface area contributed by atoms with Gasteiger partial charge in [-0.3, -0.25) is 9.78 Å². The Morgan fingerprint density at radius 1 is 1.56 bits per heavy atom. The third-order valence-corrected chi connectivity index (χ3v) is 3.27. The lowest BCUT2D eigenvalue weighted by Gasteiger charge is -2.33. The van der Waals surface area contributed by atoms with Gasteiger partial charge < -0.3 is 10.0 Å². The highest BCUT2D eigenvalue weighted by molar-refractivity contribution is 5.93. The van der Waals surface area contributed by atoms with Crippen molar-refractivity contribution in [1.82, 2.24) is 9.88 Å². The van der Waals surface area contributed by atoms with E-state index < -0.39 is 11.6 Å². The molecule has 2 rings (SSSR count). The summed E-state index contributed by atoms with van der Waals surface area (Å²) in [5.41, 5.74) is -0.0705. The Hall–Kier alpha value is -1.42. The van der Waals surface area contributed by atoms with Gasteiger partial charge in [-0.1, -0.05) is 6.07 Å². The normalized spacial score (nSPS) is 23.4. The third kappa shape index (κ3) is 1.69. The number of carbonyl (C=O) groups excluding carboxylic acids is 1. The number of aromatic nitrogens is 1. The van der Waals surface area contributed by atoms with Crippen LogP contribution < -0.4 is 0 Å². The summed E-state index contributed by atoms with van der Waals surface area (Å²) < 4.78 is 0. The molecular weight excluding hydrogens is 204 g/mol. The van der Waals surface area contributed by atoms with E-state index in [1.165, 1.54) is 0 Å². The number of aliphatic hydroxyl groups excluding tert-OH is 1.